The molecule has 1 heterocycles. The van der Waals surface area contributed by atoms with Crippen LogP contribution in [0.4, 0.5) is 4.39 Å². The van der Waals surface area contributed by atoms with E-state index < -0.39 is 24.0 Å². The third-order valence-electron chi connectivity index (χ3n) is 2.36. The molecule has 0 bridgehead atoms. The highest BCUT2D eigenvalue weighted by atomic mass is 19.1. The number of rotatable bonds is 2. The van der Waals surface area contributed by atoms with Gasteiger partial charge in [0.2, 0.25) is 0 Å². The Morgan fingerprint density at radius 2 is 2.07 bits per heavy atom. The van der Waals surface area contributed by atoms with Gasteiger partial charge in [-0.3, -0.25) is 0 Å². The zero-order chi connectivity index (χ0) is 11.4. The van der Waals surface area contributed by atoms with Crippen molar-refractivity contribution in [2.75, 3.05) is 6.61 Å². The minimum absolute atomic E-state index is 0.00498. The standard InChI is InChI=1S/C7H14FNO3.C2H6/c1-4-7(2,8)6(10)5(12-4)3-11-9;1-2/h4-6,10H,3,9H2,1-2H3;1-2H3. The fraction of sp³-hybridized carbons (Fsp3) is 1.00. The van der Waals surface area contributed by atoms with E-state index in [9.17, 15) is 9.50 Å². The molecule has 3 N–H and O–H groups in total. The number of hydrogen-bond acceptors (Lipinski definition) is 4. The predicted molar refractivity (Wildman–Crippen MR) is 51.3 cm³/mol. The number of hydrogen-bond donors (Lipinski definition) is 2. The summed E-state index contributed by atoms with van der Waals surface area (Å²) >= 11 is 0. The van der Waals surface area contributed by atoms with Crippen LogP contribution in [0.15, 0.2) is 0 Å². The fourth-order valence-electron chi connectivity index (χ4n) is 1.30. The smallest absolute Gasteiger partial charge is 0.162 e. The van der Waals surface area contributed by atoms with Gasteiger partial charge in [0.05, 0.1) is 12.7 Å². The minimum atomic E-state index is -1.72. The number of aliphatic hydroxyl groups excluding tert-OH is 1. The molecule has 86 valence electrons. The van der Waals surface area contributed by atoms with Crippen LogP contribution in [0.1, 0.15) is 27.7 Å². The van der Waals surface area contributed by atoms with Crippen molar-refractivity contribution in [3.05, 3.63) is 0 Å². The zero-order valence-electron chi connectivity index (χ0n) is 9.16. The van der Waals surface area contributed by atoms with E-state index in [-0.39, 0.29) is 6.61 Å². The average Bonchev–Trinajstić information content (AvgIpc) is 2.35. The number of halogens is 1. The predicted octanol–water partition coefficient (Wildman–Crippen LogP) is 0.779. The highest BCUT2D eigenvalue weighted by molar-refractivity contribution is 4.99. The van der Waals surface area contributed by atoms with E-state index in [1.807, 2.05) is 13.8 Å². The Labute approximate surface area is 84.1 Å². The highest BCUT2D eigenvalue weighted by Gasteiger charge is 2.51. The molecule has 1 rings (SSSR count). The molecule has 4 nitrogen and oxygen atoms in total. The molecular weight excluding hydrogens is 189 g/mol. The van der Waals surface area contributed by atoms with Gasteiger partial charge >= 0.3 is 0 Å². The summed E-state index contributed by atoms with van der Waals surface area (Å²) in [4.78, 5) is 4.29. The molecule has 1 aliphatic heterocycles. The Hall–Kier alpha value is -0.230. The molecule has 0 aromatic rings. The molecule has 1 aliphatic rings. The summed E-state index contributed by atoms with van der Waals surface area (Å²) in [6, 6.07) is 0. The summed E-state index contributed by atoms with van der Waals surface area (Å²) in [5, 5.41) is 9.38. The molecule has 1 fully saturated rings. The first-order valence-corrected chi connectivity index (χ1v) is 4.84. The second-order valence-corrected chi connectivity index (χ2v) is 3.25. The molecular formula is C9H20FNO3. The van der Waals surface area contributed by atoms with Gasteiger partial charge in [-0.05, 0) is 13.8 Å². The van der Waals surface area contributed by atoms with Crippen molar-refractivity contribution < 1.29 is 19.1 Å². The number of ether oxygens (including phenoxy) is 1. The normalized spacial score (nSPS) is 41.8. The van der Waals surface area contributed by atoms with Gasteiger partial charge in [-0.2, -0.15) is 0 Å². The van der Waals surface area contributed by atoms with Gasteiger partial charge in [-0.15, -0.1) is 0 Å². The van der Waals surface area contributed by atoms with Gasteiger partial charge in [0, 0.05) is 0 Å². The lowest BCUT2D eigenvalue weighted by Gasteiger charge is -2.20. The molecule has 0 aromatic heterocycles. The van der Waals surface area contributed by atoms with Crippen LogP contribution < -0.4 is 5.90 Å². The summed E-state index contributed by atoms with van der Waals surface area (Å²) < 4.78 is 18.6. The second kappa shape index (κ2) is 5.60. The summed E-state index contributed by atoms with van der Waals surface area (Å²) in [5.41, 5.74) is -1.72. The van der Waals surface area contributed by atoms with Crippen molar-refractivity contribution in [3.63, 3.8) is 0 Å². The van der Waals surface area contributed by atoms with E-state index in [0.717, 1.165) is 0 Å². The maximum absolute atomic E-state index is 13.5. The number of aliphatic hydroxyl groups is 1. The molecule has 0 radical (unpaired) electrons. The topological polar surface area (TPSA) is 64.7 Å². The lowest BCUT2D eigenvalue weighted by molar-refractivity contribution is -0.0416. The van der Waals surface area contributed by atoms with Crippen LogP contribution in [-0.2, 0) is 9.57 Å². The van der Waals surface area contributed by atoms with Crippen molar-refractivity contribution in [2.45, 2.75) is 51.7 Å². The summed E-state index contributed by atoms with van der Waals surface area (Å²) in [5.74, 6) is 4.79. The lowest BCUT2D eigenvalue weighted by atomic mass is 9.96. The van der Waals surface area contributed by atoms with Crippen molar-refractivity contribution in [1.29, 1.82) is 0 Å². The molecule has 0 spiro atoms. The molecule has 5 heteroatoms. The highest BCUT2D eigenvalue weighted by Crippen LogP contribution is 2.33. The van der Waals surface area contributed by atoms with E-state index in [1.54, 1.807) is 6.92 Å². The number of nitrogens with two attached hydrogens (primary N) is 1. The van der Waals surface area contributed by atoms with Gasteiger partial charge in [-0.1, -0.05) is 13.8 Å². The van der Waals surface area contributed by atoms with Gasteiger partial charge in [-0.25, -0.2) is 10.3 Å². The van der Waals surface area contributed by atoms with E-state index in [2.05, 4.69) is 4.84 Å². The summed E-state index contributed by atoms with van der Waals surface area (Å²) in [7, 11) is 0. The summed E-state index contributed by atoms with van der Waals surface area (Å²) in [6.45, 7) is 6.88. The first-order chi connectivity index (χ1) is 6.50. The quantitative estimate of drug-likeness (QED) is 0.660. The minimum Gasteiger partial charge on any atom is -0.387 e. The molecule has 4 unspecified atom stereocenters. The van der Waals surface area contributed by atoms with Crippen molar-refractivity contribution in [2.24, 2.45) is 5.90 Å². The third-order valence-corrected chi connectivity index (χ3v) is 2.36. The Bertz CT molecular complexity index is 166. The third kappa shape index (κ3) is 2.63. The molecule has 0 aromatic carbocycles. The lowest BCUT2D eigenvalue weighted by Crippen LogP contribution is -2.41. The van der Waals surface area contributed by atoms with Crippen LogP contribution in [0.2, 0.25) is 0 Å². The largest absolute Gasteiger partial charge is 0.387 e. The molecule has 0 saturated carbocycles. The Balaban J connectivity index is 0.000000791. The molecule has 1 saturated heterocycles. The van der Waals surface area contributed by atoms with Gasteiger partial charge in [0.1, 0.15) is 12.2 Å². The fourth-order valence-corrected chi connectivity index (χ4v) is 1.30. The van der Waals surface area contributed by atoms with Gasteiger partial charge in [0.15, 0.2) is 5.67 Å². The van der Waals surface area contributed by atoms with E-state index in [0.29, 0.717) is 0 Å². The molecule has 4 atom stereocenters. The first-order valence-electron chi connectivity index (χ1n) is 4.84. The maximum atomic E-state index is 13.5. The van der Waals surface area contributed by atoms with Crippen LogP contribution in [0, 0.1) is 0 Å². The van der Waals surface area contributed by atoms with Crippen molar-refractivity contribution in [1.82, 2.24) is 0 Å². The van der Waals surface area contributed by atoms with E-state index in [4.69, 9.17) is 10.6 Å². The Kier molecular flexibility index (Phi) is 5.51. The van der Waals surface area contributed by atoms with Crippen LogP contribution in [0.5, 0.6) is 0 Å². The zero-order valence-corrected chi connectivity index (χ0v) is 9.16. The van der Waals surface area contributed by atoms with Gasteiger partial charge < -0.3 is 14.7 Å². The van der Waals surface area contributed by atoms with Crippen LogP contribution in [-0.4, -0.2) is 35.7 Å². The molecule has 0 aliphatic carbocycles. The van der Waals surface area contributed by atoms with E-state index in [1.165, 1.54) is 6.92 Å². The number of alkyl halides is 1. The van der Waals surface area contributed by atoms with Crippen molar-refractivity contribution >= 4 is 0 Å². The maximum Gasteiger partial charge on any atom is 0.162 e. The monoisotopic (exact) mass is 209 g/mol. The summed E-state index contributed by atoms with van der Waals surface area (Å²) in [6.07, 6.45) is -2.47. The van der Waals surface area contributed by atoms with E-state index >= 15 is 0 Å². The van der Waals surface area contributed by atoms with Crippen LogP contribution in [0.25, 0.3) is 0 Å². The van der Waals surface area contributed by atoms with Crippen LogP contribution in [0.3, 0.4) is 0 Å². The Morgan fingerprint density at radius 3 is 2.36 bits per heavy atom. The molecule has 14 heavy (non-hydrogen) atoms. The second-order valence-electron chi connectivity index (χ2n) is 3.25. The SMILES string of the molecule is CC.CC1OC(CON)C(O)C1(C)F. The van der Waals surface area contributed by atoms with Crippen LogP contribution >= 0.6 is 0 Å². The van der Waals surface area contributed by atoms with Gasteiger partial charge in [0.25, 0.3) is 0 Å². The Morgan fingerprint density at radius 1 is 1.57 bits per heavy atom. The first kappa shape index (κ1) is 13.8. The average molecular weight is 209 g/mol. The molecule has 0 amide bonds. The van der Waals surface area contributed by atoms with Crippen molar-refractivity contribution in [3.8, 4) is 0 Å².